The van der Waals surface area contributed by atoms with Crippen molar-refractivity contribution in [2.24, 2.45) is 0 Å². The molecule has 2 rings (SSSR count). The summed E-state index contributed by atoms with van der Waals surface area (Å²) in [7, 11) is 0. The zero-order valence-electron chi connectivity index (χ0n) is 10.0. The van der Waals surface area contributed by atoms with Crippen LogP contribution in [0.3, 0.4) is 0 Å². The summed E-state index contributed by atoms with van der Waals surface area (Å²) in [6, 6.07) is 8.62. The predicted octanol–water partition coefficient (Wildman–Crippen LogP) is 3.68. The first-order chi connectivity index (χ1) is 8.72. The standard InChI is InChI=1S/C14H14BrFN2/c1-2-18-14(10-5-7-17-8-6-10)12-9-11(15)3-4-13(12)16/h3-9,14,18H,2H2,1H3. The quantitative estimate of drug-likeness (QED) is 0.932. The Kier molecular flexibility index (Phi) is 4.44. The van der Waals surface area contributed by atoms with Crippen molar-refractivity contribution in [3.8, 4) is 0 Å². The first-order valence-corrected chi connectivity index (χ1v) is 6.60. The second-order valence-corrected chi connectivity index (χ2v) is 4.85. The minimum absolute atomic E-state index is 0.157. The van der Waals surface area contributed by atoms with Gasteiger partial charge in [0.05, 0.1) is 6.04 Å². The van der Waals surface area contributed by atoms with Crippen molar-refractivity contribution in [3.63, 3.8) is 0 Å². The molecule has 0 saturated carbocycles. The molecule has 2 nitrogen and oxygen atoms in total. The van der Waals surface area contributed by atoms with Crippen molar-refractivity contribution in [2.45, 2.75) is 13.0 Å². The third-order valence-corrected chi connectivity index (χ3v) is 3.21. The van der Waals surface area contributed by atoms with E-state index in [4.69, 9.17) is 0 Å². The van der Waals surface area contributed by atoms with Gasteiger partial charge in [0.25, 0.3) is 0 Å². The fourth-order valence-corrected chi connectivity index (χ4v) is 2.28. The lowest BCUT2D eigenvalue weighted by Crippen LogP contribution is -2.23. The molecule has 0 aliphatic heterocycles. The van der Waals surface area contributed by atoms with Gasteiger partial charge in [-0.25, -0.2) is 4.39 Å². The van der Waals surface area contributed by atoms with E-state index >= 15 is 0 Å². The van der Waals surface area contributed by atoms with Crippen LogP contribution in [0.1, 0.15) is 24.1 Å². The number of hydrogen-bond acceptors (Lipinski definition) is 2. The summed E-state index contributed by atoms with van der Waals surface area (Å²) in [6.07, 6.45) is 3.44. The molecule has 1 aromatic heterocycles. The van der Waals surface area contributed by atoms with Gasteiger partial charge in [0.15, 0.2) is 0 Å². The van der Waals surface area contributed by atoms with E-state index in [1.54, 1.807) is 18.5 Å². The van der Waals surface area contributed by atoms with Crippen LogP contribution in [0, 0.1) is 5.82 Å². The number of nitrogens with zero attached hydrogens (tertiary/aromatic N) is 1. The third-order valence-electron chi connectivity index (χ3n) is 2.72. The van der Waals surface area contributed by atoms with Gasteiger partial charge in [0.1, 0.15) is 5.82 Å². The van der Waals surface area contributed by atoms with Gasteiger partial charge in [-0.05, 0) is 42.4 Å². The highest BCUT2D eigenvalue weighted by Gasteiger charge is 2.17. The summed E-state index contributed by atoms with van der Waals surface area (Å²) >= 11 is 3.38. The molecule has 0 radical (unpaired) electrons. The van der Waals surface area contributed by atoms with E-state index in [0.717, 1.165) is 16.6 Å². The highest BCUT2D eigenvalue weighted by atomic mass is 79.9. The Bertz CT molecular complexity index is 516. The number of rotatable bonds is 4. The van der Waals surface area contributed by atoms with Gasteiger partial charge in [-0.2, -0.15) is 0 Å². The first kappa shape index (κ1) is 13.2. The molecule has 94 valence electrons. The van der Waals surface area contributed by atoms with Crippen LogP contribution in [0.15, 0.2) is 47.2 Å². The summed E-state index contributed by atoms with van der Waals surface area (Å²) in [5.41, 5.74) is 1.64. The predicted molar refractivity (Wildman–Crippen MR) is 73.9 cm³/mol. The molecule has 0 aliphatic rings. The number of benzene rings is 1. The fraction of sp³-hybridized carbons (Fsp3) is 0.214. The number of hydrogen-bond donors (Lipinski definition) is 1. The minimum Gasteiger partial charge on any atom is -0.306 e. The molecule has 1 aromatic carbocycles. The molecule has 0 aliphatic carbocycles. The largest absolute Gasteiger partial charge is 0.306 e. The Balaban J connectivity index is 2.44. The van der Waals surface area contributed by atoms with Gasteiger partial charge in [-0.3, -0.25) is 4.98 Å². The summed E-state index contributed by atoms with van der Waals surface area (Å²) in [6.45, 7) is 2.77. The summed E-state index contributed by atoms with van der Waals surface area (Å²) in [4.78, 5) is 3.99. The summed E-state index contributed by atoms with van der Waals surface area (Å²) < 4.78 is 14.8. The van der Waals surface area contributed by atoms with Crippen LogP contribution < -0.4 is 5.32 Å². The van der Waals surface area contributed by atoms with E-state index in [1.807, 2.05) is 25.1 Å². The molecule has 4 heteroatoms. The minimum atomic E-state index is -0.207. The Labute approximate surface area is 114 Å². The summed E-state index contributed by atoms with van der Waals surface area (Å²) in [5.74, 6) is -0.207. The molecule has 0 spiro atoms. The van der Waals surface area contributed by atoms with Crippen molar-refractivity contribution in [2.75, 3.05) is 6.54 Å². The monoisotopic (exact) mass is 308 g/mol. The molecule has 1 atom stereocenters. The van der Waals surface area contributed by atoms with Crippen LogP contribution in [0.5, 0.6) is 0 Å². The number of nitrogens with one attached hydrogen (secondary N) is 1. The molecule has 1 heterocycles. The van der Waals surface area contributed by atoms with Gasteiger partial charge in [0, 0.05) is 22.4 Å². The van der Waals surface area contributed by atoms with Crippen molar-refractivity contribution in [1.29, 1.82) is 0 Å². The highest BCUT2D eigenvalue weighted by Crippen LogP contribution is 2.26. The van der Waals surface area contributed by atoms with Crippen molar-refractivity contribution in [3.05, 3.63) is 64.1 Å². The molecule has 0 fully saturated rings. The van der Waals surface area contributed by atoms with Crippen LogP contribution in [0.2, 0.25) is 0 Å². The van der Waals surface area contributed by atoms with E-state index in [9.17, 15) is 4.39 Å². The zero-order chi connectivity index (χ0) is 13.0. The average Bonchev–Trinajstić information content (AvgIpc) is 2.40. The lowest BCUT2D eigenvalue weighted by molar-refractivity contribution is 0.558. The van der Waals surface area contributed by atoms with Gasteiger partial charge in [-0.1, -0.05) is 22.9 Å². The van der Waals surface area contributed by atoms with Gasteiger partial charge in [-0.15, -0.1) is 0 Å². The van der Waals surface area contributed by atoms with E-state index < -0.39 is 0 Å². The van der Waals surface area contributed by atoms with Gasteiger partial charge >= 0.3 is 0 Å². The van der Waals surface area contributed by atoms with Gasteiger partial charge < -0.3 is 5.32 Å². The number of aromatic nitrogens is 1. The lowest BCUT2D eigenvalue weighted by atomic mass is 9.99. The SMILES string of the molecule is CCNC(c1ccncc1)c1cc(Br)ccc1F. The molecular formula is C14H14BrFN2. The van der Waals surface area contributed by atoms with Crippen LogP contribution in [0.25, 0.3) is 0 Å². The second-order valence-electron chi connectivity index (χ2n) is 3.94. The Morgan fingerprint density at radius 3 is 2.67 bits per heavy atom. The lowest BCUT2D eigenvalue weighted by Gasteiger charge is -2.19. The van der Waals surface area contributed by atoms with E-state index in [1.165, 1.54) is 6.07 Å². The van der Waals surface area contributed by atoms with Crippen molar-refractivity contribution < 1.29 is 4.39 Å². The van der Waals surface area contributed by atoms with Crippen LogP contribution >= 0.6 is 15.9 Å². The maximum absolute atomic E-state index is 14.0. The number of halogens is 2. The Morgan fingerprint density at radius 1 is 1.28 bits per heavy atom. The van der Waals surface area contributed by atoms with Crippen LogP contribution in [-0.4, -0.2) is 11.5 Å². The normalized spacial score (nSPS) is 12.4. The molecule has 18 heavy (non-hydrogen) atoms. The molecule has 1 unspecified atom stereocenters. The second kappa shape index (κ2) is 6.07. The molecule has 2 aromatic rings. The molecule has 0 amide bonds. The topological polar surface area (TPSA) is 24.9 Å². The third kappa shape index (κ3) is 2.94. The van der Waals surface area contributed by atoms with Crippen LogP contribution in [0.4, 0.5) is 4.39 Å². The molecule has 0 bridgehead atoms. The van der Waals surface area contributed by atoms with Crippen molar-refractivity contribution in [1.82, 2.24) is 10.3 Å². The van der Waals surface area contributed by atoms with E-state index in [0.29, 0.717) is 5.56 Å². The summed E-state index contributed by atoms with van der Waals surface area (Å²) in [5, 5.41) is 3.29. The van der Waals surface area contributed by atoms with Gasteiger partial charge in [0.2, 0.25) is 0 Å². The Hall–Kier alpha value is -1.26. The first-order valence-electron chi connectivity index (χ1n) is 5.80. The zero-order valence-corrected chi connectivity index (χ0v) is 11.6. The van der Waals surface area contributed by atoms with Crippen LogP contribution in [-0.2, 0) is 0 Å². The maximum atomic E-state index is 14.0. The van der Waals surface area contributed by atoms with Crippen molar-refractivity contribution >= 4 is 15.9 Å². The highest BCUT2D eigenvalue weighted by molar-refractivity contribution is 9.10. The smallest absolute Gasteiger partial charge is 0.128 e. The number of pyridine rings is 1. The molecule has 0 saturated heterocycles. The average molecular weight is 309 g/mol. The Morgan fingerprint density at radius 2 is 2.00 bits per heavy atom. The van der Waals surface area contributed by atoms with E-state index in [2.05, 4.69) is 26.2 Å². The maximum Gasteiger partial charge on any atom is 0.128 e. The molecular weight excluding hydrogens is 295 g/mol. The van der Waals surface area contributed by atoms with E-state index in [-0.39, 0.29) is 11.9 Å². The fourth-order valence-electron chi connectivity index (χ4n) is 1.90. The molecule has 1 N–H and O–H groups in total.